The van der Waals surface area contributed by atoms with Gasteiger partial charge in [-0.3, -0.25) is 0 Å². The van der Waals surface area contributed by atoms with Gasteiger partial charge in [-0.25, -0.2) is 9.97 Å². The second-order valence-electron chi connectivity index (χ2n) is 4.88. The number of ether oxygens (including phenoxy) is 2. The summed E-state index contributed by atoms with van der Waals surface area (Å²) in [6.45, 7) is 0.251. The van der Waals surface area contributed by atoms with E-state index >= 15 is 0 Å². The third-order valence-electron chi connectivity index (χ3n) is 3.31. The largest absolute Gasteiger partial charge is 0.454 e. The highest BCUT2D eigenvalue weighted by atomic mass is 16.7. The molecule has 4 N–H and O–H groups in total. The van der Waals surface area contributed by atoms with Crippen LogP contribution >= 0.6 is 0 Å². The van der Waals surface area contributed by atoms with Crippen LogP contribution < -0.4 is 20.9 Å². The smallest absolute Gasteiger partial charge is 0.231 e. The molecule has 0 atom stereocenters. The van der Waals surface area contributed by atoms with Crippen molar-refractivity contribution in [3.63, 3.8) is 0 Å². The first-order chi connectivity index (χ1) is 11.2. The molecule has 1 aliphatic rings. The van der Waals surface area contributed by atoms with Gasteiger partial charge in [-0.1, -0.05) is 12.1 Å². The number of anilines is 2. The lowest BCUT2D eigenvalue weighted by Crippen LogP contribution is -2.03. The van der Waals surface area contributed by atoms with Crippen molar-refractivity contribution in [3.8, 4) is 11.5 Å². The summed E-state index contributed by atoms with van der Waals surface area (Å²) in [5, 5.41) is 0. The summed E-state index contributed by atoms with van der Waals surface area (Å²) in [5.41, 5.74) is 13.7. The Morgan fingerprint density at radius 3 is 2.78 bits per heavy atom. The van der Waals surface area contributed by atoms with Crippen molar-refractivity contribution < 1.29 is 9.47 Å². The van der Waals surface area contributed by atoms with Crippen molar-refractivity contribution in [2.75, 3.05) is 18.3 Å². The van der Waals surface area contributed by atoms with Crippen LogP contribution in [-0.2, 0) is 0 Å². The topological polar surface area (TPSA) is 122 Å². The molecule has 114 valence electrons. The molecule has 1 aromatic carbocycles. The van der Waals surface area contributed by atoms with E-state index in [-0.39, 0.29) is 18.6 Å². The lowest BCUT2D eigenvalue weighted by molar-refractivity contribution is 0.174. The zero-order valence-electron chi connectivity index (χ0n) is 11.9. The molecule has 0 radical (unpaired) electrons. The first-order valence-corrected chi connectivity index (χ1v) is 6.82. The summed E-state index contributed by atoms with van der Waals surface area (Å²) in [4.78, 5) is 16.5. The molecular formula is C15H12N6O2. The lowest BCUT2D eigenvalue weighted by Gasteiger charge is -2.02. The molecule has 8 nitrogen and oxygen atoms in total. The molecule has 3 heterocycles. The van der Waals surface area contributed by atoms with E-state index in [9.17, 15) is 0 Å². The van der Waals surface area contributed by atoms with Gasteiger partial charge < -0.3 is 20.9 Å². The van der Waals surface area contributed by atoms with Gasteiger partial charge in [0.1, 0.15) is 0 Å². The van der Waals surface area contributed by atoms with E-state index in [0.717, 1.165) is 17.1 Å². The molecule has 0 aliphatic carbocycles. The van der Waals surface area contributed by atoms with E-state index in [1.807, 2.05) is 30.4 Å². The summed E-state index contributed by atoms with van der Waals surface area (Å²) in [7, 11) is 0. The number of nitrogens with two attached hydrogens (primary N) is 2. The van der Waals surface area contributed by atoms with Gasteiger partial charge in [-0.2, -0.15) is 9.97 Å². The van der Waals surface area contributed by atoms with Crippen molar-refractivity contribution in [2.24, 2.45) is 0 Å². The molecule has 0 fully saturated rings. The standard InChI is InChI=1S/C15H12N6O2/c16-13-12-14(21-15(17)20-13)18-6-9(19-12)3-1-8-2-4-10-11(5-8)23-7-22-10/h1-6H,7H2,(H4,16,17,18,20,21). The minimum absolute atomic E-state index is 0.0768. The predicted octanol–water partition coefficient (Wildman–Crippen LogP) is 1.48. The predicted molar refractivity (Wildman–Crippen MR) is 85.4 cm³/mol. The second kappa shape index (κ2) is 5.09. The minimum Gasteiger partial charge on any atom is -0.454 e. The summed E-state index contributed by atoms with van der Waals surface area (Å²) in [5.74, 6) is 1.76. The second-order valence-corrected chi connectivity index (χ2v) is 4.88. The van der Waals surface area contributed by atoms with Gasteiger partial charge in [-0.15, -0.1) is 0 Å². The van der Waals surface area contributed by atoms with Gasteiger partial charge in [-0.05, 0) is 23.8 Å². The van der Waals surface area contributed by atoms with Crippen LogP contribution in [0.15, 0.2) is 24.4 Å². The maximum Gasteiger partial charge on any atom is 0.231 e. The number of nitrogen functional groups attached to an aromatic ring is 2. The fourth-order valence-corrected chi connectivity index (χ4v) is 2.24. The van der Waals surface area contributed by atoms with Crippen LogP contribution in [0.3, 0.4) is 0 Å². The van der Waals surface area contributed by atoms with Gasteiger partial charge in [0.05, 0.1) is 11.9 Å². The first kappa shape index (κ1) is 13.3. The van der Waals surface area contributed by atoms with Crippen molar-refractivity contribution in [3.05, 3.63) is 35.7 Å². The Hall–Kier alpha value is -3.42. The third-order valence-corrected chi connectivity index (χ3v) is 3.31. The molecule has 3 aromatic rings. The fourth-order valence-electron chi connectivity index (χ4n) is 2.24. The van der Waals surface area contributed by atoms with E-state index in [1.165, 1.54) is 0 Å². The Bertz CT molecular complexity index is 941. The first-order valence-electron chi connectivity index (χ1n) is 6.82. The molecule has 2 aromatic heterocycles. The number of nitrogens with zero attached hydrogens (tertiary/aromatic N) is 4. The Morgan fingerprint density at radius 1 is 1.00 bits per heavy atom. The highest BCUT2D eigenvalue weighted by Gasteiger charge is 2.12. The molecule has 0 saturated heterocycles. The van der Waals surface area contributed by atoms with Crippen LogP contribution in [0, 0.1) is 0 Å². The maximum absolute atomic E-state index is 5.81. The summed E-state index contributed by atoms with van der Waals surface area (Å²) < 4.78 is 10.6. The van der Waals surface area contributed by atoms with Gasteiger partial charge >= 0.3 is 0 Å². The van der Waals surface area contributed by atoms with Gasteiger partial charge in [0, 0.05) is 0 Å². The summed E-state index contributed by atoms with van der Waals surface area (Å²) in [6, 6.07) is 5.69. The molecule has 0 saturated carbocycles. The molecular weight excluding hydrogens is 296 g/mol. The Kier molecular flexibility index (Phi) is 2.94. The fraction of sp³-hybridized carbons (Fsp3) is 0.0667. The monoisotopic (exact) mass is 308 g/mol. The molecule has 8 heteroatoms. The number of benzene rings is 1. The number of fused-ring (bicyclic) bond motifs is 2. The Balaban J connectivity index is 1.67. The van der Waals surface area contributed by atoms with Crippen LogP contribution in [0.1, 0.15) is 11.3 Å². The molecule has 4 rings (SSSR count). The third kappa shape index (κ3) is 2.46. The van der Waals surface area contributed by atoms with Crippen LogP contribution in [0.4, 0.5) is 11.8 Å². The lowest BCUT2D eigenvalue weighted by atomic mass is 10.2. The van der Waals surface area contributed by atoms with Gasteiger partial charge in [0.25, 0.3) is 0 Å². The summed E-state index contributed by atoms with van der Waals surface area (Å²) in [6.07, 6.45) is 5.31. The quantitative estimate of drug-likeness (QED) is 0.730. The van der Waals surface area contributed by atoms with Crippen LogP contribution in [0.2, 0.25) is 0 Å². The molecule has 0 unspecified atom stereocenters. The van der Waals surface area contributed by atoms with Crippen molar-refractivity contribution in [2.45, 2.75) is 0 Å². The van der Waals surface area contributed by atoms with E-state index in [2.05, 4.69) is 19.9 Å². The SMILES string of the molecule is Nc1nc(N)c2nc(C=Cc3ccc4c(c3)OCO4)cnc2n1. The summed E-state index contributed by atoms with van der Waals surface area (Å²) >= 11 is 0. The molecule has 23 heavy (non-hydrogen) atoms. The molecule has 0 amide bonds. The number of aromatic nitrogens is 4. The molecule has 1 aliphatic heterocycles. The van der Waals surface area contributed by atoms with Crippen LogP contribution in [0.5, 0.6) is 11.5 Å². The van der Waals surface area contributed by atoms with Crippen molar-refractivity contribution >= 4 is 35.1 Å². The van der Waals surface area contributed by atoms with Crippen molar-refractivity contribution in [1.29, 1.82) is 0 Å². The van der Waals surface area contributed by atoms with Crippen LogP contribution in [0.25, 0.3) is 23.3 Å². The average Bonchev–Trinajstić information content (AvgIpc) is 3.00. The number of rotatable bonds is 2. The average molecular weight is 308 g/mol. The maximum atomic E-state index is 5.81. The zero-order valence-corrected chi connectivity index (χ0v) is 11.9. The normalized spacial score (nSPS) is 13.0. The van der Waals surface area contributed by atoms with E-state index in [0.29, 0.717) is 16.9 Å². The molecule has 0 spiro atoms. The number of hydrogen-bond donors (Lipinski definition) is 2. The molecule has 0 bridgehead atoms. The Labute approximate surface area is 130 Å². The highest BCUT2D eigenvalue weighted by molar-refractivity contribution is 5.83. The Morgan fingerprint density at radius 2 is 1.87 bits per heavy atom. The number of hydrogen-bond acceptors (Lipinski definition) is 8. The van der Waals surface area contributed by atoms with Gasteiger partial charge in [0.2, 0.25) is 12.7 Å². The van der Waals surface area contributed by atoms with Gasteiger partial charge in [0.15, 0.2) is 28.5 Å². The van der Waals surface area contributed by atoms with Crippen LogP contribution in [-0.4, -0.2) is 26.7 Å². The zero-order chi connectivity index (χ0) is 15.8. The minimum atomic E-state index is 0.0768. The van der Waals surface area contributed by atoms with Crippen molar-refractivity contribution in [1.82, 2.24) is 19.9 Å². The van der Waals surface area contributed by atoms with E-state index in [1.54, 1.807) is 6.20 Å². The van der Waals surface area contributed by atoms with E-state index < -0.39 is 0 Å². The highest BCUT2D eigenvalue weighted by Crippen LogP contribution is 2.32. The van der Waals surface area contributed by atoms with E-state index in [4.69, 9.17) is 20.9 Å².